The highest BCUT2D eigenvalue weighted by atomic mass is 19.4. The zero-order valence-electron chi connectivity index (χ0n) is 17.0. The van der Waals surface area contributed by atoms with Crippen molar-refractivity contribution in [1.29, 1.82) is 0 Å². The third-order valence-corrected chi connectivity index (χ3v) is 4.75. The average Bonchev–Trinajstić information content (AvgIpc) is 3.36. The second-order valence-corrected chi connectivity index (χ2v) is 6.94. The molecule has 1 aliphatic heterocycles. The molecule has 12 heteroatoms. The van der Waals surface area contributed by atoms with Gasteiger partial charge in [-0.1, -0.05) is 0 Å². The summed E-state index contributed by atoms with van der Waals surface area (Å²) in [5.74, 6) is -0.446. The number of nitrogens with one attached hydrogen (secondary N) is 2. The van der Waals surface area contributed by atoms with E-state index in [1.54, 1.807) is 19.3 Å². The minimum atomic E-state index is -3.67. The number of furan rings is 1. The number of fused-ring (bicyclic) bond motifs is 1. The second kappa shape index (κ2) is 10.2. The van der Waals surface area contributed by atoms with Crippen molar-refractivity contribution in [2.24, 2.45) is 0 Å². The predicted octanol–water partition coefficient (Wildman–Crippen LogP) is 4.91. The molecule has 2 N–H and O–H groups in total. The molecule has 7 nitrogen and oxygen atoms in total. The fourth-order valence-corrected chi connectivity index (χ4v) is 3.26. The van der Waals surface area contributed by atoms with Gasteiger partial charge in [0.05, 0.1) is 24.6 Å². The number of rotatable bonds is 4. The summed E-state index contributed by atoms with van der Waals surface area (Å²) in [6.07, 6.45) is 5.35. The maximum atomic E-state index is 13.8. The predicted molar refractivity (Wildman–Crippen MR) is 107 cm³/mol. The molecule has 0 radical (unpaired) electrons. The van der Waals surface area contributed by atoms with Gasteiger partial charge in [-0.15, -0.1) is 0 Å². The van der Waals surface area contributed by atoms with E-state index in [4.69, 9.17) is 4.42 Å². The van der Waals surface area contributed by atoms with E-state index < -0.39 is 24.3 Å². The lowest BCUT2D eigenvalue weighted by atomic mass is 10.1. The van der Waals surface area contributed by atoms with Crippen LogP contribution in [0.1, 0.15) is 24.2 Å². The number of nitrogens with zero attached hydrogens (tertiary/aromatic N) is 3. The van der Waals surface area contributed by atoms with Crippen molar-refractivity contribution in [3.8, 4) is 0 Å². The van der Waals surface area contributed by atoms with Crippen molar-refractivity contribution in [2.45, 2.75) is 33.0 Å². The number of hydrogen-bond donors (Lipinski definition) is 2. The molecule has 32 heavy (non-hydrogen) atoms. The number of carbonyl (C=O) groups is 1. The van der Waals surface area contributed by atoms with Crippen LogP contribution in [0, 0.1) is 18.6 Å². The minimum Gasteiger partial charge on any atom is -0.456 e. The van der Waals surface area contributed by atoms with E-state index in [0.717, 1.165) is 32.0 Å². The topological polar surface area (TPSA) is 83.3 Å². The van der Waals surface area contributed by atoms with Gasteiger partial charge in [0.25, 0.3) is 0 Å². The quantitative estimate of drug-likeness (QED) is 0.544. The number of halogens is 5. The first-order valence-electron chi connectivity index (χ1n) is 9.65. The third-order valence-electron chi connectivity index (χ3n) is 4.75. The molecule has 1 aromatic carbocycles. The van der Waals surface area contributed by atoms with E-state index in [1.807, 2.05) is 0 Å². The van der Waals surface area contributed by atoms with Crippen molar-refractivity contribution in [1.82, 2.24) is 15.3 Å². The molecule has 1 aliphatic rings. The van der Waals surface area contributed by atoms with Crippen LogP contribution in [0.3, 0.4) is 0 Å². The van der Waals surface area contributed by atoms with E-state index in [1.165, 1.54) is 6.07 Å². The van der Waals surface area contributed by atoms with Gasteiger partial charge in [0.15, 0.2) is 11.4 Å². The first-order valence-corrected chi connectivity index (χ1v) is 9.65. The summed E-state index contributed by atoms with van der Waals surface area (Å²) in [4.78, 5) is 22.7. The highest BCUT2D eigenvalue weighted by Crippen LogP contribution is 2.28. The summed E-state index contributed by atoms with van der Waals surface area (Å²) < 4.78 is 61.7. The Morgan fingerprint density at radius 2 is 1.78 bits per heavy atom. The molecular formula is C20H20F5N5O2. The number of alkyl halides is 3. The first kappa shape index (κ1) is 23.2. The normalized spacial score (nSPS) is 13.3. The molecular weight excluding hydrogens is 437 g/mol. The lowest BCUT2D eigenvalue weighted by Crippen LogP contribution is -2.28. The summed E-state index contributed by atoms with van der Waals surface area (Å²) in [6.45, 7) is -0.0755. The van der Waals surface area contributed by atoms with Gasteiger partial charge in [0.1, 0.15) is 11.6 Å². The monoisotopic (exact) mass is 457 g/mol. The first-order chi connectivity index (χ1) is 15.2. The fraction of sp³-hybridized carbons (Fsp3) is 0.350. The Bertz CT molecular complexity index is 1070. The Labute approximate surface area is 179 Å². The van der Waals surface area contributed by atoms with Crippen LogP contribution in [-0.4, -0.2) is 35.8 Å². The molecule has 0 spiro atoms. The average molecular weight is 457 g/mol. The molecule has 0 aliphatic carbocycles. The van der Waals surface area contributed by atoms with Crippen LogP contribution in [0.2, 0.25) is 0 Å². The molecule has 3 aromatic rings. The highest BCUT2D eigenvalue weighted by Gasteiger charge is 2.17. The zero-order valence-corrected chi connectivity index (χ0v) is 17.0. The summed E-state index contributed by atoms with van der Waals surface area (Å²) in [5.41, 5.74) is 1.00. The van der Waals surface area contributed by atoms with E-state index in [-0.39, 0.29) is 12.1 Å². The summed E-state index contributed by atoms with van der Waals surface area (Å²) in [6, 6.07) is 1.49. The Hall–Kier alpha value is -3.44. The number of aromatic nitrogens is 2. The number of benzene rings is 1. The van der Waals surface area contributed by atoms with Crippen molar-refractivity contribution >= 4 is 28.6 Å². The maximum absolute atomic E-state index is 13.8. The van der Waals surface area contributed by atoms with E-state index in [9.17, 15) is 26.7 Å². The van der Waals surface area contributed by atoms with E-state index in [0.29, 0.717) is 28.3 Å². The molecule has 0 atom stereocenters. The summed E-state index contributed by atoms with van der Waals surface area (Å²) >= 11 is 0. The van der Waals surface area contributed by atoms with Gasteiger partial charge < -0.3 is 20.0 Å². The van der Waals surface area contributed by atoms with Crippen molar-refractivity contribution in [3.63, 3.8) is 0 Å². The molecule has 172 valence electrons. The number of carbonyl (C=O) groups excluding carboxylic acids is 1. The fourth-order valence-electron chi connectivity index (χ4n) is 3.26. The van der Waals surface area contributed by atoms with E-state index in [2.05, 4.69) is 25.5 Å². The van der Waals surface area contributed by atoms with Crippen LogP contribution in [0.4, 0.5) is 38.4 Å². The smallest absolute Gasteiger partial charge is 0.379 e. The minimum absolute atomic E-state index is 0.0259. The van der Waals surface area contributed by atoms with Gasteiger partial charge in [0, 0.05) is 30.1 Å². The van der Waals surface area contributed by atoms with Gasteiger partial charge in [-0.25, -0.2) is 23.5 Å². The number of amides is 2. The molecule has 0 saturated carbocycles. The SMILES string of the molecule is Cc1c(CNC(=O)Nc2cnc(N3CCCC3)nc2)oc2c(F)cc(F)cc12.FC(F)F. The van der Waals surface area contributed by atoms with Gasteiger partial charge in [-0.3, -0.25) is 0 Å². The van der Waals surface area contributed by atoms with Crippen LogP contribution in [-0.2, 0) is 6.54 Å². The Morgan fingerprint density at radius 3 is 2.41 bits per heavy atom. The van der Waals surface area contributed by atoms with Crippen LogP contribution in [0.25, 0.3) is 11.0 Å². The number of anilines is 2. The van der Waals surface area contributed by atoms with Crippen LogP contribution < -0.4 is 15.5 Å². The van der Waals surface area contributed by atoms with Gasteiger partial charge in [-0.05, 0) is 25.8 Å². The standard InChI is InChI=1S/C19H19F2N5O2.CHF3/c1-11-14-6-12(20)7-15(21)17(14)28-16(11)10-24-19(27)25-13-8-22-18(23-9-13)26-4-2-3-5-26;2-1(3)4/h6-9H,2-5,10H2,1H3,(H2,24,25,27);1H. The molecule has 1 saturated heterocycles. The van der Waals surface area contributed by atoms with Gasteiger partial charge >= 0.3 is 12.7 Å². The Kier molecular flexibility index (Phi) is 7.44. The van der Waals surface area contributed by atoms with Crippen LogP contribution >= 0.6 is 0 Å². The number of urea groups is 1. The molecule has 0 bridgehead atoms. The van der Waals surface area contributed by atoms with Gasteiger partial charge in [-0.2, -0.15) is 13.2 Å². The largest absolute Gasteiger partial charge is 0.456 e. The maximum Gasteiger partial charge on any atom is 0.379 e. The van der Waals surface area contributed by atoms with Crippen LogP contribution in [0.5, 0.6) is 0 Å². The second-order valence-electron chi connectivity index (χ2n) is 6.94. The molecule has 0 unspecified atom stereocenters. The lowest BCUT2D eigenvalue weighted by Gasteiger charge is -2.14. The zero-order chi connectivity index (χ0) is 23.3. The number of hydrogen-bond acceptors (Lipinski definition) is 5. The molecule has 4 rings (SSSR count). The van der Waals surface area contributed by atoms with Gasteiger partial charge in [0.2, 0.25) is 5.95 Å². The lowest BCUT2D eigenvalue weighted by molar-refractivity contribution is 0.00819. The molecule has 2 amide bonds. The third kappa shape index (κ3) is 5.83. The van der Waals surface area contributed by atoms with Crippen molar-refractivity contribution < 1.29 is 31.2 Å². The number of aryl methyl sites for hydroxylation is 1. The van der Waals surface area contributed by atoms with Crippen LogP contribution in [0.15, 0.2) is 28.9 Å². The molecule has 1 fully saturated rings. The Balaban J connectivity index is 0.000000668. The Morgan fingerprint density at radius 1 is 1.16 bits per heavy atom. The molecule has 2 aromatic heterocycles. The van der Waals surface area contributed by atoms with Crippen molar-refractivity contribution in [3.05, 3.63) is 47.5 Å². The summed E-state index contributed by atoms with van der Waals surface area (Å²) in [5, 5.41) is 5.61. The summed E-state index contributed by atoms with van der Waals surface area (Å²) in [7, 11) is 0. The van der Waals surface area contributed by atoms with Crippen molar-refractivity contribution in [2.75, 3.05) is 23.3 Å². The molecule has 3 heterocycles. The van der Waals surface area contributed by atoms with E-state index >= 15 is 0 Å². The highest BCUT2D eigenvalue weighted by molar-refractivity contribution is 5.89.